The lowest BCUT2D eigenvalue weighted by Gasteiger charge is -2.20. The zero-order valence-electron chi connectivity index (χ0n) is 9.70. The van der Waals surface area contributed by atoms with E-state index in [2.05, 4.69) is 0 Å². The van der Waals surface area contributed by atoms with Crippen LogP contribution < -0.4 is 4.90 Å². The highest BCUT2D eigenvalue weighted by atomic mass is 16.4. The molecular formula is C12H11N3O3. The van der Waals surface area contributed by atoms with E-state index in [0.717, 1.165) is 0 Å². The minimum atomic E-state index is -1.04. The zero-order valence-corrected chi connectivity index (χ0v) is 9.70. The lowest BCUT2D eigenvalue weighted by molar-refractivity contribution is -0.138. The number of hydrogen-bond acceptors (Lipinski definition) is 3. The van der Waals surface area contributed by atoms with Gasteiger partial charge in [0.25, 0.3) is 0 Å². The summed E-state index contributed by atoms with van der Waals surface area (Å²) >= 11 is 0. The lowest BCUT2D eigenvalue weighted by Crippen LogP contribution is -2.39. The van der Waals surface area contributed by atoms with Crippen LogP contribution in [0.2, 0.25) is 0 Å². The second-order valence-corrected chi connectivity index (χ2v) is 4.05. The van der Waals surface area contributed by atoms with E-state index in [-0.39, 0.29) is 12.6 Å². The minimum Gasteiger partial charge on any atom is -0.480 e. The van der Waals surface area contributed by atoms with Crippen molar-refractivity contribution in [3.8, 4) is 6.07 Å². The van der Waals surface area contributed by atoms with Gasteiger partial charge in [-0.3, -0.25) is 4.90 Å². The summed E-state index contributed by atoms with van der Waals surface area (Å²) in [5, 5.41) is 17.8. The molecular weight excluding hydrogens is 234 g/mol. The lowest BCUT2D eigenvalue weighted by atomic mass is 10.2. The van der Waals surface area contributed by atoms with Crippen molar-refractivity contribution in [3.63, 3.8) is 0 Å². The van der Waals surface area contributed by atoms with Crippen LogP contribution >= 0.6 is 0 Å². The Hall–Kier alpha value is -2.55. The summed E-state index contributed by atoms with van der Waals surface area (Å²) in [6, 6.07) is 6.98. The molecule has 1 aliphatic heterocycles. The van der Waals surface area contributed by atoms with Gasteiger partial charge in [-0.2, -0.15) is 5.26 Å². The van der Waals surface area contributed by atoms with Crippen LogP contribution in [-0.4, -0.2) is 41.6 Å². The quantitative estimate of drug-likeness (QED) is 0.838. The molecule has 1 aliphatic rings. The third-order valence-corrected chi connectivity index (χ3v) is 2.85. The predicted molar refractivity (Wildman–Crippen MR) is 63.1 cm³/mol. The molecule has 1 aromatic carbocycles. The van der Waals surface area contributed by atoms with Crippen LogP contribution in [0.25, 0.3) is 0 Å². The highest BCUT2D eigenvalue weighted by molar-refractivity contribution is 6.01. The van der Waals surface area contributed by atoms with E-state index in [4.69, 9.17) is 10.4 Å². The number of carboxylic acids is 1. The van der Waals surface area contributed by atoms with E-state index in [9.17, 15) is 9.59 Å². The van der Waals surface area contributed by atoms with E-state index in [1.807, 2.05) is 6.07 Å². The first kappa shape index (κ1) is 11.9. The molecule has 6 heteroatoms. The molecule has 1 fully saturated rings. The molecule has 0 aliphatic carbocycles. The molecule has 2 rings (SSSR count). The normalized spacial score (nSPS) is 18.9. The van der Waals surface area contributed by atoms with Gasteiger partial charge in [0.15, 0.2) is 6.04 Å². The predicted octanol–water partition coefficient (Wildman–Crippen LogP) is 0.883. The van der Waals surface area contributed by atoms with Crippen molar-refractivity contribution in [2.24, 2.45) is 0 Å². The van der Waals surface area contributed by atoms with Gasteiger partial charge in [0.05, 0.1) is 18.2 Å². The summed E-state index contributed by atoms with van der Waals surface area (Å²) in [5.41, 5.74) is 0.946. The summed E-state index contributed by atoms with van der Waals surface area (Å²) < 4.78 is 0. The van der Waals surface area contributed by atoms with Crippen LogP contribution in [-0.2, 0) is 4.79 Å². The first-order valence-corrected chi connectivity index (χ1v) is 5.32. The number of benzene rings is 1. The number of anilines is 1. The summed E-state index contributed by atoms with van der Waals surface area (Å²) in [7, 11) is 1.56. The van der Waals surface area contributed by atoms with Crippen molar-refractivity contribution in [3.05, 3.63) is 29.8 Å². The summed E-state index contributed by atoms with van der Waals surface area (Å²) in [6.45, 7) is 0.147. The molecule has 1 unspecified atom stereocenters. The Morgan fingerprint density at radius 2 is 2.06 bits per heavy atom. The van der Waals surface area contributed by atoms with Crippen LogP contribution in [0.15, 0.2) is 24.3 Å². The van der Waals surface area contributed by atoms with Gasteiger partial charge in [0.1, 0.15) is 0 Å². The Kier molecular flexibility index (Phi) is 2.90. The second-order valence-electron chi connectivity index (χ2n) is 4.05. The number of urea groups is 1. The molecule has 0 radical (unpaired) electrons. The summed E-state index contributed by atoms with van der Waals surface area (Å²) in [5.74, 6) is -1.04. The van der Waals surface area contributed by atoms with Crippen LogP contribution in [0.4, 0.5) is 10.5 Å². The molecule has 1 aromatic rings. The second kappa shape index (κ2) is 4.37. The fraction of sp³-hybridized carbons (Fsp3) is 0.250. The number of aliphatic carboxylic acids is 1. The minimum absolute atomic E-state index is 0.147. The third kappa shape index (κ3) is 1.86. The van der Waals surface area contributed by atoms with Crippen LogP contribution in [0.5, 0.6) is 0 Å². The molecule has 1 heterocycles. The maximum Gasteiger partial charge on any atom is 0.328 e. The van der Waals surface area contributed by atoms with E-state index in [1.54, 1.807) is 31.3 Å². The number of carbonyl (C=O) groups excluding carboxylic acids is 1. The SMILES string of the molecule is CN1CC(C(=O)O)N(c2ccc(C#N)cc2)C1=O. The zero-order chi connectivity index (χ0) is 13.3. The Balaban J connectivity index is 2.37. The summed E-state index contributed by atoms with van der Waals surface area (Å²) in [6.07, 6.45) is 0. The Bertz CT molecular complexity index is 532. The van der Waals surface area contributed by atoms with Gasteiger partial charge in [0.2, 0.25) is 0 Å². The van der Waals surface area contributed by atoms with E-state index < -0.39 is 12.0 Å². The molecule has 18 heavy (non-hydrogen) atoms. The van der Waals surface area contributed by atoms with Gasteiger partial charge in [-0.1, -0.05) is 0 Å². The Morgan fingerprint density at radius 3 is 2.56 bits per heavy atom. The summed E-state index contributed by atoms with van der Waals surface area (Å²) in [4.78, 5) is 25.6. The van der Waals surface area contributed by atoms with Crippen molar-refractivity contribution in [2.45, 2.75) is 6.04 Å². The van der Waals surface area contributed by atoms with Gasteiger partial charge in [0, 0.05) is 12.7 Å². The highest BCUT2D eigenvalue weighted by Crippen LogP contribution is 2.24. The molecule has 1 saturated heterocycles. The smallest absolute Gasteiger partial charge is 0.328 e. The average molecular weight is 245 g/mol. The monoisotopic (exact) mass is 245 g/mol. The van der Waals surface area contributed by atoms with Gasteiger partial charge in [-0.15, -0.1) is 0 Å². The molecule has 1 N–H and O–H groups in total. The Morgan fingerprint density at radius 1 is 1.44 bits per heavy atom. The maximum absolute atomic E-state index is 11.9. The van der Waals surface area contributed by atoms with Gasteiger partial charge >= 0.3 is 12.0 Å². The number of amides is 2. The number of nitrogens with zero attached hydrogens (tertiary/aromatic N) is 3. The first-order chi connectivity index (χ1) is 8.54. The fourth-order valence-electron chi connectivity index (χ4n) is 1.91. The van der Waals surface area contributed by atoms with Gasteiger partial charge in [-0.25, -0.2) is 9.59 Å². The van der Waals surface area contributed by atoms with E-state index in [0.29, 0.717) is 11.3 Å². The van der Waals surface area contributed by atoms with Crippen molar-refractivity contribution in [2.75, 3.05) is 18.5 Å². The highest BCUT2D eigenvalue weighted by Gasteiger charge is 2.40. The molecule has 92 valence electrons. The van der Waals surface area contributed by atoms with E-state index >= 15 is 0 Å². The van der Waals surface area contributed by atoms with E-state index in [1.165, 1.54) is 9.80 Å². The average Bonchev–Trinajstić information content (AvgIpc) is 2.66. The van der Waals surface area contributed by atoms with Crippen molar-refractivity contribution in [1.82, 2.24) is 4.90 Å². The number of hydrogen-bond donors (Lipinski definition) is 1. The number of rotatable bonds is 2. The molecule has 1 atom stereocenters. The van der Waals surface area contributed by atoms with Gasteiger partial charge in [-0.05, 0) is 24.3 Å². The number of nitriles is 1. The topological polar surface area (TPSA) is 84.6 Å². The number of carboxylic acid groups (broad SMARTS) is 1. The number of likely N-dealkylation sites (N-methyl/N-ethyl adjacent to an activating group) is 1. The van der Waals surface area contributed by atoms with Crippen LogP contribution in [0.1, 0.15) is 5.56 Å². The molecule has 0 saturated carbocycles. The fourth-order valence-corrected chi connectivity index (χ4v) is 1.91. The largest absolute Gasteiger partial charge is 0.480 e. The molecule has 0 aromatic heterocycles. The maximum atomic E-state index is 11.9. The molecule has 6 nitrogen and oxygen atoms in total. The molecule has 2 amide bonds. The van der Waals surface area contributed by atoms with Crippen molar-refractivity contribution in [1.29, 1.82) is 5.26 Å². The molecule has 0 bridgehead atoms. The molecule has 0 spiro atoms. The first-order valence-electron chi connectivity index (χ1n) is 5.32. The Labute approximate surface area is 104 Å². The van der Waals surface area contributed by atoms with Crippen LogP contribution in [0.3, 0.4) is 0 Å². The third-order valence-electron chi connectivity index (χ3n) is 2.85. The van der Waals surface area contributed by atoms with Crippen molar-refractivity contribution < 1.29 is 14.7 Å². The van der Waals surface area contributed by atoms with Crippen molar-refractivity contribution >= 4 is 17.7 Å². The number of carbonyl (C=O) groups is 2. The van der Waals surface area contributed by atoms with Gasteiger partial charge < -0.3 is 10.0 Å². The van der Waals surface area contributed by atoms with Crippen LogP contribution in [0, 0.1) is 11.3 Å². The standard InChI is InChI=1S/C12H11N3O3/c1-14-7-10(11(16)17)15(12(14)18)9-4-2-8(6-13)3-5-9/h2-5,10H,7H2,1H3,(H,16,17).